The summed E-state index contributed by atoms with van der Waals surface area (Å²) in [5, 5.41) is 3.42. The Balaban J connectivity index is 1.70. The van der Waals surface area contributed by atoms with Gasteiger partial charge in [-0.1, -0.05) is 42.3 Å². The van der Waals surface area contributed by atoms with E-state index in [1.165, 1.54) is 17.0 Å². The number of anilines is 1. The first-order valence-corrected chi connectivity index (χ1v) is 10.0. The van der Waals surface area contributed by atoms with Crippen molar-refractivity contribution in [1.82, 2.24) is 9.80 Å². The van der Waals surface area contributed by atoms with Gasteiger partial charge in [-0.25, -0.2) is 9.18 Å². The van der Waals surface area contributed by atoms with Gasteiger partial charge in [-0.2, -0.15) is 0 Å². The highest BCUT2D eigenvalue weighted by molar-refractivity contribution is 6.30. The molecule has 1 aliphatic heterocycles. The molecule has 29 heavy (non-hydrogen) atoms. The summed E-state index contributed by atoms with van der Waals surface area (Å²) < 4.78 is 14.0. The summed E-state index contributed by atoms with van der Waals surface area (Å²) >= 11 is 11.7. The predicted molar refractivity (Wildman–Crippen MR) is 113 cm³/mol. The predicted octanol–water partition coefficient (Wildman–Crippen LogP) is 5.03. The standard InChI is InChI=1S/C21H22Cl2FN3O2/c1-13-9-19(20(28)26(2)12-14-3-5-15(22)6-4-14)27(11-13)21(29)25-18-8-7-16(23)10-17(18)24/h3-8,10,13,19H,9,11-12H2,1-2H3,(H,25,29)/t13-,19+/m0/s1. The largest absolute Gasteiger partial charge is 0.340 e. The lowest BCUT2D eigenvalue weighted by atomic mass is 10.1. The monoisotopic (exact) mass is 437 g/mol. The summed E-state index contributed by atoms with van der Waals surface area (Å²) in [6.45, 7) is 2.81. The van der Waals surface area contributed by atoms with Crippen molar-refractivity contribution in [3.63, 3.8) is 0 Å². The van der Waals surface area contributed by atoms with Crippen LogP contribution in [0.2, 0.25) is 10.0 Å². The Morgan fingerprint density at radius 1 is 1.17 bits per heavy atom. The van der Waals surface area contributed by atoms with Crippen molar-refractivity contribution in [3.05, 3.63) is 63.9 Å². The minimum atomic E-state index is -0.624. The molecule has 1 saturated heterocycles. The van der Waals surface area contributed by atoms with Crippen LogP contribution in [0.25, 0.3) is 0 Å². The first-order valence-electron chi connectivity index (χ1n) is 9.26. The van der Waals surface area contributed by atoms with E-state index in [4.69, 9.17) is 23.2 Å². The van der Waals surface area contributed by atoms with Crippen LogP contribution in [0.15, 0.2) is 42.5 Å². The van der Waals surface area contributed by atoms with Crippen LogP contribution in [0.4, 0.5) is 14.9 Å². The third-order valence-corrected chi connectivity index (χ3v) is 5.43. The van der Waals surface area contributed by atoms with Gasteiger partial charge in [0.15, 0.2) is 0 Å². The molecule has 0 spiro atoms. The number of benzene rings is 2. The molecule has 1 N–H and O–H groups in total. The smallest absolute Gasteiger partial charge is 0.322 e. The zero-order valence-corrected chi connectivity index (χ0v) is 17.7. The first kappa shape index (κ1) is 21.4. The van der Waals surface area contributed by atoms with Crippen LogP contribution in [-0.2, 0) is 11.3 Å². The summed E-state index contributed by atoms with van der Waals surface area (Å²) in [4.78, 5) is 28.9. The molecule has 5 nitrogen and oxygen atoms in total. The van der Waals surface area contributed by atoms with Gasteiger partial charge in [-0.3, -0.25) is 4.79 Å². The number of nitrogens with one attached hydrogen (secondary N) is 1. The molecule has 0 unspecified atom stereocenters. The van der Waals surface area contributed by atoms with Crippen molar-refractivity contribution < 1.29 is 14.0 Å². The van der Waals surface area contributed by atoms with E-state index in [2.05, 4.69) is 5.32 Å². The van der Waals surface area contributed by atoms with Crippen molar-refractivity contribution in [2.24, 2.45) is 5.92 Å². The molecular weight excluding hydrogens is 416 g/mol. The highest BCUT2D eigenvalue weighted by Gasteiger charge is 2.39. The zero-order valence-electron chi connectivity index (χ0n) is 16.2. The van der Waals surface area contributed by atoms with Gasteiger partial charge in [0.2, 0.25) is 5.91 Å². The lowest BCUT2D eigenvalue weighted by molar-refractivity contribution is -0.134. The second-order valence-electron chi connectivity index (χ2n) is 7.38. The maximum atomic E-state index is 14.0. The third kappa shape index (κ3) is 5.19. The highest BCUT2D eigenvalue weighted by atomic mass is 35.5. The average molecular weight is 438 g/mol. The SMILES string of the molecule is C[C@H]1C[C@H](C(=O)N(C)Cc2ccc(Cl)cc2)N(C(=O)Nc2ccc(Cl)cc2F)C1. The first-order chi connectivity index (χ1) is 13.7. The number of likely N-dealkylation sites (N-methyl/N-ethyl adjacent to an activating group) is 1. The van der Waals surface area contributed by atoms with Crippen LogP contribution >= 0.6 is 23.2 Å². The Bertz CT molecular complexity index is 907. The molecule has 154 valence electrons. The van der Waals surface area contributed by atoms with Gasteiger partial charge in [0.1, 0.15) is 11.9 Å². The molecule has 3 rings (SSSR count). The van der Waals surface area contributed by atoms with Crippen LogP contribution < -0.4 is 5.32 Å². The van der Waals surface area contributed by atoms with Gasteiger partial charge in [-0.15, -0.1) is 0 Å². The van der Waals surface area contributed by atoms with Gasteiger partial charge in [0.05, 0.1) is 5.69 Å². The molecular formula is C21H22Cl2FN3O2. The van der Waals surface area contributed by atoms with Crippen LogP contribution in [-0.4, -0.2) is 41.4 Å². The number of likely N-dealkylation sites (tertiary alicyclic amines) is 1. The van der Waals surface area contributed by atoms with E-state index in [1.807, 2.05) is 19.1 Å². The van der Waals surface area contributed by atoms with E-state index in [1.54, 1.807) is 24.1 Å². The third-order valence-electron chi connectivity index (χ3n) is 4.94. The number of carbonyl (C=O) groups is 2. The zero-order chi connectivity index (χ0) is 21.1. The molecule has 0 radical (unpaired) electrons. The molecule has 0 saturated carbocycles. The molecule has 1 heterocycles. The normalized spacial score (nSPS) is 18.6. The number of halogens is 3. The number of urea groups is 1. The minimum absolute atomic E-state index is 0.0275. The van der Waals surface area contributed by atoms with E-state index in [-0.39, 0.29) is 22.5 Å². The number of hydrogen-bond donors (Lipinski definition) is 1. The number of hydrogen-bond acceptors (Lipinski definition) is 2. The molecule has 8 heteroatoms. The van der Waals surface area contributed by atoms with Crippen LogP contribution in [0.5, 0.6) is 0 Å². The fourth-order valence-electron chi connectivity index (χ4n) is 3.48. The Morgan fingerprint density at radius 2 is 1.83 bits per heavy atom. The molecule has 2 aromatic carbocycles. The Labute approximate surface area is 179 Å². The molecule has 0 bridgehead atoms. The lowest BCUT2D eigenvalue weighted by Crippen LogP contribution is -2.47. The second-order valence-corrected chi connectivity index (χ2v) is 8.26. The molecule has 2 atom stereocenters. The van der Waals surface area contributed by atoms with E-state index < -0.39 is 17.9 Å². The molecule has 1 fully saturated rings. The van der Waals surface area contributed by atoms with E-state index >= 15 is 0 Å². The Morgan fingerprint density at radius 3 is 2.48 bits per heavy atom. The van der Waals surface area contributed by atoms with E-state index in [9.17, 15) is 14.0 Å². The van der Waals surface area contributed by atoms with Crippen LogP contribution in [0.3, 0.4) is 0 Å². The summed E-state index contributed by atoms with van der Waals surface area (Å²) in [6, 6.07) is 10.2. The fourth-order valence-corrected chi connectivity index (χ4v) is 3.76. The van der Waals surface area contributed by atoms with Crippen molar-refractivity contribution in [2.45, 2.75) is 25.9 Å². The Hall–Kier alpha value is -2.31. The quantitative estimate of drug-likeness (QED) is 0.728. The minimum Gasteiger partial charge on any atom is -0.340 e. The number of amides is 3. The summed E-state index contributed by atoms with van der Waals surface area (Å²) in [6.07, 6.45) is 0.556. The van der Waals surface area contributed by atoms with Gasteiger partial charge in [0.25, 0.3) is 0 Å². The molecule has 0 aliphatic carbocycles. The topological polar surface area (TPSA) is 52.7 Å². The molecule has 0 aromatic heterocycles. The van der Waals surface area contributed by atoms with Crippen molar-refractivity contribution >= 4 is 40.8 Å². The van der Waals surface area contributed by atoms with Gasteiger partial charge in [0, 0.05) is 30.2 Å². The lowest BCUT2D eigenvalue weighted by Gasteiger charge is -2.28. The number of rotatable bonds is 4. The van der Waals surface area contributed by atoms with E-state index in [0.29, 0.717) is 24.5 Å². The summed E-state index contributed by atoms with van der Waals surface area (Å²) in [5.41, 5.74) is 0.968. The second kappa shape index (κ2) is 9.01. The van der Waals surface area contributed by atoms with Crippen molar-refractivity contribution in [3.8, 4) is 0 Å². The maximum absolute atomic E-state index is 14.0. The Kier molecular flexibility index (Phi) is 6.65. The van der Waals surface area contributed by atoms with Gasteiger partial charge < -0.3 is 15.1 Å². The van der Waals surface area contributed by atoms with Crippen LogP contribution in [0, 0.1) is 11.7 Å². The van der Waals surface area contributed by atoms with Crippen molar-refractivity contribution in [1.29, 1.82) is 0 Å². The van der Waals surface area contributed by atoms with Gasteiger partial charge >= 0.3 is 6.03 Å². The fraction of sp³-hybridized carbons (Fsp3) is 0.333. The van der Waals surface area contributed by atoms with Gasteiger partial charge in [-0.05, 0) is 48.2 Å². The van der Waals surface area contributed by atoms with E-state index in [0.717, 1.165) is 11.6 Å². The van der Waals surface area contributed by atoms with Crippen molar-refractivity contribution in [2.75, 3.05) is 18.9 Å². The average Bonchev–Trinajstić information content (AvgIpc) is 3.07. The summed E-state index contributed by atoms with van der Waals surface area (Å²) in [7, 11) is 1.70. The maximum Gasteiger partial charge on any atom is 0.322 e. The molecule has 1 aliphatic rings. The molecule has 3 amide bonds. The highest BCUT2D eigenvalue weighted by Crippen LogP contribution is 2.27. The summed E-state index contributed by atoms with van der Waals surface area (Å²) in [5.74, 6) is -0.620. The van der Waals surface area contributed by atoms with Crippen LogP contribution in [0.1, 0.15) is 18.9 Å². The number of nitrogens with zero attached hydrogens (tertiary/aromatic N) is 2. The molecule has 2 aromatic rings. The number of carbonyl (C=O) groups excluding carboxylic acids is 2.